The molecule has 20 heteroatoms. The average molecular weight is 567 g/mol. The van der Waals surface area contributed by atoms with Crippen LogP contribution in [0.5, 0.6) is 0 Å². The predicted molar refractivity (Wildman–Crippen MR) is 115 cm³/mol. The van der Waals surface area contributed by atoms with Gasteiger partial charge in [-0.1, -0.05) is 0 Å². The van der Waals surface area contributed by atoms with Crippen molar-refractivity contribution in [3.63, 3.8) is 0 Å². The van der Waals surface area contributed by atoms with Gasteiger partial charge in [0.1, 0.15) is 6.04 Å². The summed E-state index contributed by atoms with van der Waals surface area (Å²) >= 11 is 0.610. The van der Waals surface area contributed by atoms with Crippen LogP contribution in [0.15, 0.2) is 0 Å². The van der Waals surface area contributed by atoms with Crippen LogP contribution in [0.25, 0.3) is 0 Å². The van der Waals surface area contributed by atoms with Crippen LogP contribution in [0.3, 0.4) is 0 Å². The molecule has 0 aliphatic heterocycles. The van der Waals surface area contributed by atoms with Gasteiger partial charge in [0.25, 0.3) is 0 Å². The van der Waals surface area contributed by atoms with Crippen LogP contribution in [-0.4, -0.2) is 116 Å². The van der Waals surface area contributed by atoms with Crippen LogP contribution in [0.1, 0.15) is 38.5 Å². The number of thioether (sulfide) groups is 1. The van der Waals surface area contributed by atoms with Gasteiger partial charge < -0.3 is 19.5 Å². The Hall–Kier alpha value is -1.92. The van der Waals surface area contributed by atoms with Crippen molar-refractivity contribution in [2.24, 2.45) is 0 Å². The Morgan fingerprint density at radius 2 is 1.03 bits per heavy atom. The van der Waals surface area contributed by atoms with E-state index in [1.165, 1.54) is 0 Å². The molecule has 1 amide bonds. The normalized spacial score (nSPS) is 12.1. The highest BCUT2D eigenvalue weighted by Crippen LogP contribution is 2.10. The maximum absolute atomic E-state index is 12.4. The number of hydrogen-bond acceptors (Lipinski definition) is 19. The van der Waals surface area contributed by atoms with Gasteiger partial charge in [0.05, 0.1) is 55.8 Å². The minimum Gasteiger partial charge on any atom is -0.464 e. The lowest BCUT2D eigenvalue weighted by Gasteiger charge is -2.17. The fourth-order valence-corrected chi connectivity index (χ4v) is 2.88. The maximum atomic E-state index is 12.4. The van der Waals surface area contributed by atoms with E-state index in [1.54, 1.807) is 0 Å². The molecule has 0 aliphatic rings. The summed E-state index contributed by atoms with van der Waals surface area (Å²) in [6.07, 6.45) is 1.05. The number of ether oxygens (including phenoxy) is 3. The van der Waals surface area contributed by atoms with Crippen molar-refractivity contribution in [1.29, 1.82) is 0 Å². The van der Waals surface area contributed by atoms with E-state index >= 15 is 0 Å². The summed E-state index contributed by atoms with van der Waals surface area (Å²) in [4.78, 5) is 49.4. The van der Waals surface area contributed by atoms with Gasteiger partial charge in [-0.15, -0.1) is 0 Å². The number of carbonyl (C=O) groups excluding carboxylic acids is 3. The zero-order valence-electron chi connectivity index (χ0n) is 19.9. The number of rotatable bonds is 22. The summed E-state index contributed by atoms with van der Waals surface area (Å²) in [6.45, 7) is -0.245. The third-order valence-corrected chi connectivity index (χ3v) is 4.73. The molecule has 1 atom stereocenters. The van der Waals surface area contributed by atoms with Gasteiger partial charge in [0.2, 0.25) is 0 Å². The van der Waals surface area contributed by atoms with E-state index < -0.39 is 39.6 Å². The fourth-order valence-electron chi connectivity index (χ4n) is 2.19. The van der Waals surface area contributed by atoms with E-state index in [1.807, 2.05) is 0 Å². The number of unbranched alkanes of at least 4 members (excludes halogenated alkanes) is 3. The first-order valence-electron chi connectivity index (χ1n) is 10.9. The number of amides is 1. The second-order valence-electron chi connectivity index (χ2n) is 6.79. The van der Waals surface area contributed by atoms with Gasteiger partial charge >= 0.3 is 17.4 Å². The second kappa shape index (κ2) is 23.2. The first kappa shape index (κ1) is 35.1. The number of carbonyl (C=O) groups is 3. The predicted octanol–water partition coefficient (Wildman–Crippen LogP) is 0.871. The molecule has 0 saturated heterocycles. The SMILES string of the molecule is O=C(NC(CSC(=O)OCCCCON(O)O)C(=O)OCCCCON(O)O)OCCCCON(O)O. The molecule has 0 bridgehead atoms. The Bertz CT molecular complexity index is 617. The number of nitrogens with zero attached hydrogens (tertiary/aromatic N) is 3. The second-order valence-corrected chi connectivity index (χ2v) is 7.74. The lowest BCUT2D eigenvalue weighted by Crippen LogP contribution is -2.44. The molecule has 37 heavy (non-hydrogen) atoms. The smallest absolute Gasteiger partial charge is 0.407 e. The summed E-state index contributed by atoms with van der Waals surface area (Å²) in [5, 5.41) is 50.7. The van der Waals surface area contributed by atoms with Crippen molar-refractivity contribution < 1.29 is 74.4 Å². The largest absolute Gasteiger partial charge is 0.464 e. The molecule has 0 spiro atoms. The Morgan fingerprint density at radius 1 is 0.622 bits per heavy atom. The summed E-state index contributed by atoms with van der Waals surface area (Å²) in [5.74, 6) is -1.08. The van der Waals surface area contributed by atoms with Gasteiger partial charge in [0, 0.05) is 5.75 Å². The number of alkyl carbamates (subject to hydrolysis) is 1. The molecule has 7 N–H and O–H groups in total. The molecular weight excluding hydrogens is 532 g/mol. The molecule has 0 radical (unpaired) electrons. The summed E-state index contributed by atoms with van der Waals surface area (Å²) < 4.78 is 15.0. The molecule has 0 aliphatic carbocycles. The van der Waals surface area contributed by atoms with Gasteiger partial charge in [0.15, 0.2) is 0 Å². The third kappa shape index (κ3) is 24.2. The van der Waals surface area contributed by atoms with Crippen LogP contribution >= 0.6 is 11.8 Å². The number of esters is 1. The molecule has 0 aromatic rings. The average Bonchev–Trinajstić information content (AvgIpc) is 2.82. The minimum absolute atomic E-state index is 0.00580. The third-order valence-electron chi connectivity index (χ3n) is 3.88. The topological polar surface area (TPSA) is 250 Å². The Balaban J connectivity index is 4.46. The summed E-state index contributed by atoms with van der Waals surface area (Å²) in [7, 11) is 0. The minimum atomic E-state index is -1.26. The Kier molecular flexibility index (Phi) is 22.0. The highest BCUT2D eigenvalue weighted by atomic mass is 32.2. The molecule has 0 aromatic carbocycles. The van der Waals surface area contributed by atoms with Crippen molar-refractivity contribution in [2.45, 2.75) is 44.6 Å². The Morgan fingerprint density at radius 3 is 1.49 bits per heavy atom. The summed E-state index contributed by atoms with van der Waals surface area (Å²) in [6, 6.07) is -1.26. The van der Waals surface area contributed by atoms with E-state index in [4.69, 9.17) is 45.5 Å². The lowest BCUT2D eigenvalue weighted by atomic mass is 10.3. The van der Waals surface area contributed by atoms with Crippen molar-refractivity contribution in [1.82, 2.24) is 21.5 Å². The number of hydrogen-bond donors (Lipinski definition) is 7. The number of nitrogens with one attached hydrogen (secondary N) is 1. The quantitative estimate of drug-likeness (QED) is 0.0415. The van der Waals surface area contributed by atoms with E-state index in [0.717, 1.165) is 0 Å². The van der Waals surface area contributed by atoms with Crippen molar-refractivity contribution in [2.75, 3.05) is 45.4 Å². The molecule has 0 aromatic heterocycles. The van der Waals surface area contributed by atoms with Crippen LogP contribution in [0, 0.1) is 0 Å². The molecule has 0 heterocycles. The monoisotopic (exact) mass is 566 g/mol. The van der Waals surface area contributed by atoms with Gasteiger partial charge in [-0.25, -0.2) is 14.4 Å². The molecule has 0 saturated carbocycles. The zero-order valence-corrected chi connectivity index (χ0v) is 20.7. The van der Waals surface area contributed by atoms with Crippen molar-refractivity contribution in [3.05, 3.63) is 0 Å². The molecular formula is C17H34N4O15S. The van der Waals surface area contributed by atoms with Crippen molar-refractivity contribution in [3.8, 4) is 0 Å². The summed E-state index contributed by atoms with van der Waals surface area (Å²) in [5.41, 5.74) is 0. The molecule has 0 rings (SSSR count). The van der Waals surface area contributed by atoms with Gasteiger partial charge in [-0.05, 0) is 50.3 Å². The van der Waals surface area contributed by atoms with Crippen LogP contribution in [0.4, 0.5) is 9.59 Å². The van der Waals surface area contributed by atoms with E-state index in [9.17, 15) is 14.4 Å². The van der Waals surface area contributed by atoms with E-state index in [0.29, 0.717) is 50.3 Å². The molecule has 218 valence electrons. The fraction of sp³-hybridized carbons (Fsp3) is 0.824. The van der Waals surface area contributed by atoms with Crippen LogP contribution in [-0.2, 0) is 33.5 Å². The zero-order chi connectivity index (χ0) is 27.9. The van der Waals surface area contributed by atoms with Crippen LogP contribution in [0.2, 0.25) is 0 Å². The van der Waals surface area contributed by atoms with E-state index in [-0.39, 0.29) is 45.4 Å². The van der Waals surface area contributed by atoms with Crippen LogP contribution < -0.4 is 5.32 Å². The maximum Gasteiger partial charge on any atom is 0.407 e. The lowest BCUT2D eigenvalue weighted by molar-refractivity contribution is -0.492. The first-order valence-corrected chi connectivity index (χ1v) is 11.9. The highest BCUT2D eigenvalue weighted by Gasteiger charge is 2.25. The van der Waals surface area contributed by atoms with Crippen molar-refractivity contribution >= 4 is 29.1 Å². The molecule has 1 unspecified atom stereocenters. The van der Waals surface area contributed by atoms with Gasteiger partial charge in [-0.3, -0.25) is 45.8 Å². The molecule has 0 fully saturated rings. The Labute approximate surface area is 215 Å². The first-order chi connectivity index (χ1) is 17.6. The standard InChI is InChI=1S/C17H34N4O15S/c22-15(31-7-1-4-10-34-19(25)26)14(18-16(23)32-8-2-5-11-35-20(27)28)13-37-17(24)33-9-3-6-12-36-21(29)30/h14,25-30H,1-13H2,(H,18,23). The van der Waals surface area contributed by atoms with E-state index in [2.05, 4.69) is 19.8 Å². The molecule has 19 nitrogen and oxygen atoms in total. The highest BCUT2D eigenvalue weighted by molar-refractivity contribution is 8.13. The van der Waals surface area contributed by atoms with Gasteiger partial charge in [-0.2, -0.15) is 0 Å².